The number of aliphatic hydroxyl groups is 1. The van der Waals surface area contributed by atoms with E-state index in [1.165, 1.54) is 5.56 Å². The van der Waals surface area contributed by atoms with E-state index in [0.29, 0.717) is 0 Å². The molecule has 0 aliphatic rings. The van der Waals surface area contributed by atoms with Gasteiger partial charge in [-0.15, -0.1) is 0 Å². The fourth-order valence-electron chi connectivity index (χ4n) is 2.27. The van der Waals surface area contributed by atoms with E-state index in [2.05, 4.69) is 37.6 Å². The van der Waals surface area contributed by atoms with Crippen molar-refractivity contribution in [2.45, 2.75) is 13.2 Å². The van der Waals surface area contributed by atoms with Crippen molar-refractivity contribution < 1.29 is 5.11 Å². The predicted molar refractivity (Wildman–Crippen MR) is 78.9 cm³/mol. The number of hydrogen-bond donors (Lipinski definition) is 1. The first-order chi connectivity index (χ1) is 9.28. The van der Waals surface area contributed by atoms with Gasteiger partial charge >= 0.3 is 0 Å². The largest absolute Gasteiger partial charge is 0.392 e. The third-order valence-corrected chi connectivity index (χ3v) is 3.62. The predicted octanol–water partition coefficient (Wildman–Crippen LogP) is 3.34. The van der Waals surface area contributed by atoms with Crippen LogP contribution in [0.1, 0.15) is 11.1 Å². The van der Waals surface area contributed by atoms with Crippen LogP contribution in [0.5, 0.6) is 0 Å². The third-order valence-electron chi connectivity index (χ3n) is 3.13. The zero-order valence-corrected chi connectivity index (χ0v) is 11.8. The zero-order valence-electron chi connectivity index (χ0n) is 10.3. The number of nitrogens with zero attached hydrogens (tertiary/aromatic N) is 2. The van der Waals surface area contributed by atoms with Crippen LogP contribution >= 0.6 is 15.9 Å². The molecule has 0 spiro atoms. The van der Waals surface area contributed by atoms with Crippen LogP contribution in [-0.4, -0.2) is 14.7 Å². The molecule has 0 aliphatic heterocycles. The van der Waals surface area contributed by atoms with Crippen LogP contribution in [0.25, 0.3) is 11.0 Å². The van der Waals surface area contributed by atoms with Gasteiger partial charge in [0.2, 0.25) is 0 Å². The van der Waals surface area contributed by atoms with E-state index in [9.17, 15) is 5.11 Å². The van der Waals surface area contributed by atoms with Gasteiger partial charge in [-0.2, -0.15) is 0 Å². The maximum absolute atomic E-state index is 9.41. The summed E-state index contributed by atoms with van der Waals surface area (Å²) in [5.41, 5.74) is 3.02. The van der Waals surface area contributed by atoms with Gasteiger partial charge in [0, 0.05) is 34.4 Å². The summed E-state index contributed by atoms with van der Waals surface area (Å²) in [5, 5.41) is 10.4. The van der Waals surface area contributed by atoms with Crippen molar-refractivity contribution in [1.29, 1.82) is 0 Å². The Kier molecular flexibility index (Phi) is 3.36. The summed E-state index contributed by atoms with van der Waals surface area (Å²) in [7, 11) is 0. The lowest BCUT2D eigenvalue weighted by Gasteiger charge is -2.05. The summed E-state index contributed by atoms with van der Waals surface area (Å²) in [6.45, 7) is 0.778. The van der Waals surface area contributed by atoms with Gasteiger partial charge in [0.15, 0.2) is 0 Å². The number of benzene rings is 1. The number of fused-ring (bicyclic) bond motifs is 1. The molecule has 0 fully saturated rings. The van der Waals surface area contributed by atoms with Gasteiger partial charge in [0.05, 0.1) is 6.61 Å². The fraction of sp³-hybridized carbons (Fsp3) is 0.133. The van der Waals surface area contributed by atoms with Crippen LogP contribution in [0.2, 0.25) is 0 Å². The summed E-state index contributed by atoms with van der Waals surface area (Å²) in [5.74, 6) is 0. The second-order valence-electron chi connectivity index (χ2n) is 4.44. The number of hydrogen-bond acceptors (Lipinski definition) is 2. The molecule has 4 heteroatoms. The van der Waals surface area contributed by atoms with Gasteiger partial charge < -0.3 is 9.67 Å². The smallest absolute Gasteiger partial charge is 0.140 e. The molecule has 0 atom stereocenters. The van der Waals surface area contributed by atoms with E-state index in [1.54, 1.807) is 6.20 Å². The van der Waals surface area contributed by atoms with E-state index in [-0.39, 0.29) is 6.61 Å². The molecule has 0 radical (unpaired) electrons. The summed E-state index contributed by atoms with van der Waals surface area (Å²) in [4.78, 5) is 4.41. The number of halogens is 1. The Morgan fingerprint density at radius 1 is 1.21 bits per heavy atom. The molecule has 3 aromatic rings. The minimum absolute atomic E-state index is 0.0354. The Morgan fingerprint density at radius 3 is 2.89 bits per heavy atom. The quantitative estimate of drug-likeness (QED) is 0.804. The first-order valence-electron chi connectivity index (χ1n) is 6.06. The molecular weight excluding hydrogens is 304 g/mol. The average molecular weight is 317 g/mol. The van der Waals surface area contributed by atoms with Crippen LogP contribution in [0.3, 0.4) is 0 Å². The van der Waals surface area contributed by atoms with Gasteiger partial charge in [-0.3, -0.25) is 0 Å². The Morgan fingerprint density at radius 2 is 2.11 bits per heavy atom. The van der Waals surface area contributed by atoms with Crippen LogP contribution in [0.15, 0.2) is 53.3 Å². The van der Waals surface area contributed by atoms with Gasteiger partial charge in [-0.25, -0.2) is 4.98 Å². The second kappa shape index (κ2) is 5.15. The first kappa shape index (κ1) is 12.4. The molecule has 3 nitrogen and oxygen atoms in total. The molecule has 2 aromatic heterocycles. The maximum atomic E-state index is 9.41. The van der Waals surface area contributed by atoms with Gasteiger partial charge in [0.25, 0.3) is 0 Å². The molecule has 0 unspecified atom stereocenters. The highest BCUT2D eigenvalue weighted by molar-refractivity contribution is 9.10. The van der Waals surface area contributed by atoms with Crippen molar-refractivity contribution in [3.63, 3.8) is 0 Å². The Bertz CT molecular complexity index is 721. The van der Waals surface area contributed by atoms with Crippen molar-refractivity contribution in [2.75, 3.05) is 0 Å². The van der Waals surface area contributed by atoms with E-state index >= 15 is 0 Å². The summed E-state index contributed by atoms with van der Waals surface area (Å²) < 4.78 is 3.14. The molecule has 19 heavy (non-hydrogen) atoms. The molecule has 96 valence electrons. The SMILES string of the molecule is OCc1cn(Cc2cccc(Br)c2)c2ncccc12. The highest BCUT2D eigenvalue weighted by atomic mass is 79.9. The molecule has 0 saturated carbocycles. The van der Waals surface area contributed by atoms with E-state index in [0.717, 1.165) is 27.6 Å². The Labute approximate surface area is 119 Å². The third kappa shape index (κ3) is 2.41. The van der Waals surface area contributed by atoms with Crippen molar-refractivity contribution in [3.05, 3.63) is 64.4 Å². The first-order valence-corrected chi connectivity index (χ1v) is 6.85. The van der Waals surface area contributed by atoms with E-state index in [1.807, 2.05) is 30.5 Å². The van der Waals surface area contributed by atoms with Crippen LogP contribution in [-0.2, 0) is 13.2 Å². The fourth-order valence-corrected chi connectivity index (χ4v) is 2.72. The highest BCUT2D eigenvalue weighted by Crippen LogP contribution is 2.21. The molecular formula is C15H13BrN2O. The molecule has 2 heterocycles. The molecule has 0 amide bonds. The van der Waals surface area contributed by atoms with Crippen molar-refractivity contribution >= 4 is 27.0 Å². The zero-order chi connectivity index (χ0) is 13.2. The van der Waals surface area contributed by atoms with Crippen molar-refractivity contribution in [1.82, 2.24) is 9.55 Å². The lowest BCUT2D eigenvalue weighted by Crippen LogP contribution is -1.98. The molecule has 3 rings (SSSR count). The lowest BCUT2D eigenvalue weighted by molar-refractivity contribution is 0.283. The Balaban J connectivity index is 2.06. The van der Waals surface area contributed by atoms with Crippen molar-refractivity contribution in [2.24, 2.45) is 0 Å². The topological polar surface area (TPSA) is 38.0 Å². The highest BCUT2D eigenvalue weighted by Gasteiger charge is 2.08. The van der Waals surface area contributed by atoms with Gasteiger partial charge in [0.1, 0.15) is 5.65 Å². The van der Waals surface area contributed by atoms with Crippen LogP contribution in [0.4, 0.5) is 0 Å². The minimum atomic E-state index is 0.0354. The minimum Gasteiger partial charge on any atom is -0.392 e. The van der Waals surface area contributed by atoms with Gasteiger partial charge in [-0.1, -0.05) is 28.1 Å². The number of aliphatic hydroxyl groups excluding tert-OH is 1. The monoisotopic (exact) mass is 316 g/mol. The van der Waals surface area contributed by atoms with E-state index < -0.39 is 0 Å². The summed E-state index contributed by atoms with van der Waals surface area (Å²) >= 11 is 3.48. The Hall–Kier alpha value is -1.65. The summed E-state index contributed by atoms with van der Waals surface area (Å²) in [6.07, 6.45) is 3.75. The van der Waals surface area contributed by atoms with Crippen LogP contribution < -0.4 is 0 Å². The average Bonchev–Trinajstić information content (AvgIpc) is 2.77. The van der Waals surface area contributed by atoms with Crippen LogP contribution in [0, 0.1) is 0 Å². The molecule has 0 bridgehead atoms. The maximum Gasteiger partial charge on any atom is 0.140 e. The molecule has 1 aromatic carbocycles. The lowest BCUT2D eigenvalue weighted by atomic mass is 10.2. The molecule has 0 saturated heterocycles. The van der Waals surface area contributed by atoms with E-state index in [4.69, 9.17) is 0 Å². The summed E-state index contributed by atoms with van der Waals surface area (Å²) in [6, 6.07) is 12.1. The number of aromatic nitrogens is 2. The van der Waals surface area contributed by atoms with Gasteiger partial charge in [-0.05, 0) is 29.8 Å². The molecule has 0 aliphatic carbocycles. The second-order valence-corrected chi connectivity index (χ2v) is 5.36. The standard InChI is InChI=1S/C15H13BrN2O/c16-13-4-1-3-11(7-13)8-18-9-12(10-19)14-5-2-6-17-15(14)18/h1-7,9,19H,8,10H2. The number of rotatable bonds is 3. The molecule has 1 N–H and O–H groups in total. The van der Waals surface area contributed by atoms with Crippen molar-refractivity contribution in [3.8, 4) is 0 Å². The normalized spacial score (nSPS) is 11.1. The number of pyridine rings is 1.